The minimum Gasteiger partial charge on any atom is -0.454 e. The lowest BCUT2D eigenvalue weighted by Crippen LogP contribution is -2.40. The quantitative estimate of drug-likeness (QED) is 0.307. The first-order chi connectivity index (χ1) is 15.9. The molecule has 4 aliphatic carbocycles. The number of hydrogen-bond donors (Lipinski definition) is 0. The van der Waals surface area contributed by atoms with Gasteiger partial charge >= 0.3 is 5.97 Å². The van der Waals surface area contributed by atoms with E-state index in [1.165, 1.54) is 11.0 Å². The van der Waals surface area contributed by atoms with Crippen LogP contribution in [0.25, 0.3) is 0 Å². The molecule has 1 aliphatic heterocycles. The second-order valence-electron chi connectivity index (χ2n) is 9.58. The molecular weight excluding hydrogens is 418 g/mol. The van der Waals surface area contributed by atoms with Crippen LogP contribution in [-0.4, -0.2) is 30.2 Å². The van der Waals surface area contributed by atoms with Crippen LogP contribution in [0.2, 0.25) is 0 Å². The van der Waals surface area contributed by atoms with Crippen molar-refractivity contribution >= 4 is 29.3 Å². The number of nitrogens with zero attached hydrogens (tertiary/aromatic N) is 1. The van der Waals surface area contributed by atoms with Gasteiger partial charge in [0, 0.05) is 5.56 Å². The number of carbonyl (C=O) groups is 4. The van der Waals surface area contributed by atoms with Crippen LogP contribution in [0.3, 0.4) is 0 Å². The van der Waals surface area contributed by atoms with Crippen molar-refractivity contribution in [1.29, 1.82) is 0 Å². The summed E-state index contributed by atoms with van der Waals surface area (Å²) in [4.78, 5) is 52.8. The van der Waals surface area contributed by atoms with Crippen LogP contribution in [0.4, 0.5) is 5.69 Å². The summed E-state index contributed by atoms with van der Waals surface area (Å²) >= 11 is 0. The summed E-state index contributed by atoms with van der Waals surface area (Å²) in [5.74, 6) is -0.537. The first-order valence-corrected chi connectivity index (χ1v) is 11.4. The molecule has 3 fully saturated rings. The van der Waals surface area contributed by atoms with Gasteiger partial charge in [0.05, 0.1) is 23.1 Å². The van der Waals surface area contributed by atoms with Crippen molar-refractivity contribution in [2.75, 3.05) is 11.5 Å². The molecule has 0 N–H and O–H groups in total. The summed E-state index contributed by atoms with van der Waals surface area (Å²) in [7, 11) is 0. The van der Waals surface area contributed by atoms with Crippen LogP contribution in [0.1, 0.15) is 32.7 Å². The fraction of sp³-hybridized carbons (Fsp3) is 0.333. The average molecular weight is 441 g/mol. The predicted octanol–water partition coefficient (Wildman–Crippen LogP) is 3.59. The third kappa shape index (κ3) is 3.08. The minimum atomic E-state index is -0.670. The monoisotopic (exact) mass is 441 g/mol. The molecule has 0 spiro atoms. The van der Waals surface area contributed by atoms with Crippen molar-refractivity contribution in [3.63, 3.8) is 0 Å². The van der Waals surface area contributed by atoms with Gasteiger partial charge in [0.15, 0.2) is 12.4 Å². The molecule has 6 nitrogen and oxygen atoms in total. The molecule has 6 heteroatoms. The standard InChI is InChI=1S/C27H23NO5/c1-14-5-7-15(8-6-14)22(29)13-33-27(32)16-3-2-4-17(11-16)28-25(30)23-18-9-10-19(21-12-20(18)21)24(23)26(28)31/h2-11,18-21,23-24H,12-13H2,1H3/t18-,19-,20-,21+,23-,24-/m1/s1. The van der Waals surface area contributed by atoms with Crippen LogP contribution in [0.15, 0.2) is 60.7 Å². The molecule has 2 aromatic carbocycles. The Morgan fingerprint density at radius 1 is 0.909 bits per heavy atom. The van der Waals surface area contributed by atoms with Crippen molar-refractivity contribution in [2.45, 2.75) is 13.3 Å². The second kappa shape index (κ2) is 7.24. The summed E-state index contributed by atoms with van der Waals surface area (Å²) in [6, 6.07) is 13.4. The number of carbonyl (C=O) groups excluding carboxylic acids is 4. The van der Waals surface area contributed by atoms with Gasteiger partial charge in [-0.15, -0.1) is 0 Å². The minimum absolute atomic E-state index is 0.146. The van der Waals surface area contributed by atoms with E-state index in [0.717, 1.165) is 12.0 Å². The van der Waals surface area contributed by atoms with Crippen molar-refractivity contribution in [3.05, 3.63) is 77.4 Å². The molecule has 0 aromatic heterocycles. The molecule has 5 aliphatic rings. The molecule has 166 valence electrons. The van der Waals surface area contributed by atoms with Gasteiger partial charge in [-0.3, -0.25) is 14.4 Å². The topological polar surface area (TPSA) is 80.8 Å². The Kier molecular flexibility index (Phi) is 4.41. The number of hydrogen-bond acceptors (Lipinski definition) is 5. The van der Waals surface area contributed by atoms with Gasteiger partial charge in [0.1, 0.15) is 0 Å². The number of ketones is 1. The Hall–Kier alpha value is -3.54. The number of amides is 2. The normalized spacial score (nSPS) is 30.8. The molecule has 1 saturated heterocycles. The molecule has 33 heavy (non-hydrogen) atoms. The number of anilines is 1. The van der Waals surface area contributed by atoms with Gasteiger partial charge in [-0.05, 0) is 55.2 Å². The third-order valence-electron chi connectivity index (χ3n) is 7.71. The van der Waals surface area contributed by atoms with E-state index in [4.69, 9.17) is 4.74 Å². The van der Waals surface area contributed by atoms with Crippen molar-refractivity contribution < 1.29 is 23.9 Å². The lowest BCUT2D eigenvalue weighted by Gasteiger charge is -2.37. The maximum absolute atomic E-state index is 13.3. The number of rotatable bonds is 5. The van der Waals surface area contributed by atoms with Gasteiger partial charge in [0.2, 0.25) is 11.8 Å². The highest BCUT2D eigenvalue weighted by molar-refractivity contribution is 6.23. The summed E-state index contributed by atoms with van der Waals surface area (Å²) in [5, 5.41) is 0. The zero-order valence-electron chi connectivity index (χ0n) is 18.1. The Balaban J connectivity index is 1.18. The summed E-state index contributed by atoms with van der Waals surface area (Å²) < 4.78 is 5.22. The number of aryl methyl sites for hydroxylation is 1. The zero-order chi connectivity index (χ0) is 22.9. The largest absolute Gasteiger partial charge is 0.454 e. The second-order valence-corrected chi connectivity index (χ2v) is 9.58. The number of allylic oxidation sites excluding steroid dienone is 2. The summed E-state index contributed by atoms with van der Waals surface area (Å²) in [5.41, 5.74) is 2.08. The zero-order valence-corrected chi connectivity index (χ0v) is 18.1. The number of benzene rings is 2. The van der Waals surface area contributed by atoms with E-state index in [9.17, 15) is 19.2 Å². The first-order valence-electron chi connectivity index (χ1n) is 11.4. The Labute approximate surface area is 191 Å². The maximum Gasteiger partial charge on any atom is 0.338 e. The molecule has 6 atom stereocenters. The highest BCUT2D eigenvalue weighted by Gasteiger charge is 2.67. The van der Waals surface area contributed by atoms with Crippen LogP contribution >= 0.6 is 0 Å². The van der Waals surface area contributed by atoms with Gasteiger partial charge in [-0.1, -0.05) is 48.0 Å². The van der Waals surface area contributed by atoms with E-state index in [1.54, 1.807) is 30.3 Å². The van der Waals surface area contributed by atoms with Crippen LogP contribution in [0.5, 0.6) is 0 Å². The summed E-state index contributed by atoms with van der Waals surface area (Å²) in [6.45, 7) is 1.55. The Morgan fingerprint density at radius 2 is 1.55 bits per heavy atom. The smallest absolute Gasteiger partial charge is 0.338 e. The molecule has 2 bridgehead atoms. The SMILES string of the molecule is Cc1ccc(C(=O)COC(=O)c2cccc(N3C(=O)[C@@H]4[C@@H]5C=C[C@H]([C@@H]6C[C@H]56)[C@H]4C3=O)c2)cc1. The lowest BCUT2D eigenvalue weighted by molar-refractivity contribution is -0.124. The molecular formula is C27H23NO5. The van der Waals surface area contributed by atoms with Crippen molar-refractivity contribution in [1.82, 2.24) is 0 Å². The molecule has 1 heterocycles. The third-order valence-corrected chi connectivity index (χ3v) is 7.71. The van der Waals surface area contributed by atoms with Crippen LogP contribution < -0.4 is 4.90 Å². The highest BCUT2D eigenvalue weighted by Crippen LogP contribution is 2.65. The Morgan fingerprint density at radius 3 is 2.18 bits per heavy atom. The van der Waals surface area contributed by atoms with Crippen LogP contribution in [-0.2, 0) is 14.3 Å². The molecule has 0 unspecified atom stereocenters. The maximum atomic E-state index is 13.3. The van der Waals surface area contributed by atoms with Crippen molar-refractivity contribution in [2.24, 2.45) is 35.5 Å². The summed E-state index contributed by atoms with van der Waals surface area (Å²) in [6.07, 6.45) is 5.37. The fourth-order valence-corrected chi connectivity index (χ4v) is 6.02. The van der Waals surface area contributed by atoms with Gasteiger partial charge < -0.3 is 4.74 Å². The number of imide groups is 1. The van der Waals surface area contributed by atoms with Gasteiger partial charge in [0.25, 0.3) is 0 Å². The number of ether oxygens (including phenoxy) is 1. The van der Waals surface area contributed by atoms with E-state index in [0.29, 0.717) is 23.1 Å². The molecule has 2 aromatic rings. The van der Waals surface area contributed by atoms with Crippen molar-refractivity contribution in [3.8, 4) is 0 Å². The molecule has 2 amide bonds. The molecule has 7 rings (SSSR count). The molecule has 2 saturated carbocycles. The number of esters is 1. The van der Waals surface area contributed by atoms with Crippen LogP contribution in [0, 0.1) is 42.4 Å². The fourth-order valence-electron chi connectivity index (χ4n) is 6.02. The van der Waals surface area contributed by atoms with E-state index < -0.39 is 5.97 Å². The van der Waals surface area contributed by atoms with Gasteiger partial charge in [-0.25, -0.2) is 9.69 Å². The average Bonchev–Trinajstić information content (AvgIpc) is 3.61. The van der Waals surface area contributed by atoms with Gasteiger partial charge in [-0.2, -0.15) is 0 Å². The van der Waals surface area contributed by atoms with E-state index in [-0.39, 0.29) is 53.4 Å². The van der Waals surface area contributed by atoms with E-state index in [1.807, 2.05) is 19.1 Å². The highest BCUT2D eigenvalue weighted by atomic mass is 16.5. The molecule has 0 radical (unpaired) electrons. The Bertz CT molecular complexity index is 1190. The predicted molar refractivity (Wildman–Crippen MR) is 119 cm³/mol. The number of Topliss-reactive ketones (excluding diaryl/α,β-unsaturated/α-hetero) is 1. The first kappa shape index (κ1) is 20.1. The lowest BCUT2D eigenvalue weighted by atomic mass is 9.63. The van der Waals surface area contributed by atoms with E-state index in [2.05, 4.69) is 12.2 Å². The van der Waals surface area contributed by atoms with E-state index >= 15 is 0 Å².